The highest BCUT2D eigenvalue weighted by molar-refractivity contribution is 7.91. The first-order valence-electron chi connectivity index (χ1n) is 4.27. The molecule has 0 unspecified atom stereocenters. The molecule has 6 heteroatoms. The summed E-state index contributed by atoms with van der Waals surface area (Å²) in [5, 5.41) is 10.7. The standard InChI is InChI=1S/C8H14N2O3S/c1-14(12,13)7-8(11)10-6-4-2-3-5-9/h2-4,6-7H2,1H3,(H,10,11). The van der Waals surface area contributed by atoms with E-state index in [2.05, 4.69) is 5.32 Å². The van der Waals surface area contributed by atoms with Crippen molar-refractivity contribution >= 4 is 15.7 Å². The van der Waals surface area contributed by atoms with E-state index in [9.17, 15) is 13.2 Å². The van der Waals surface area contributed by atoms with E-state index in [1.165, 1.54) is 0 Å². The molecule has 0 aromatic rings. The zero-order valence-corrected chi connectivity index (χ0v) is 8.93. The van der Waals surface area contributed by atoms with Gasteiger partial charge in [-0.2, -0.15) is 5.26 Å². The first kappa shape index (κ1) is 12.9. The lowest BCUT2D eigenvalue weighted by molar-refractivity contribution is -0.118. The maximum absolute atomic E-state index is 10.9. The van der Waals surface area contributed by atoms with E-state index in [0.29, 0.717) is 19.4 Å². The molecule has 0 aliphatic carbocycles. The molecule has 0 saturated heterocycles. The second kappa shape index (κ2) is 6.38. The highest BCUT2D eigenvalue weighted by atomic mass is 32.2. The maximum Gasteiger partial charge on any atom is 0.235 e. The Morgan fingerprint density at radius 2 is 2.07 bits per heavy atom. The summed E-state index contributed by atoms with van der Waals surface area (Å²) in [5.41, 5.74) is 0. The molecule has 1 N–H and O–H groups in total. The molecule has 5 nitrogen and oxygen atoms in total. The quantitative estimate of drug-likeness (QED) is 0.627. The molecule has 0 heterocycles. The van der Waals surface area contributed by atoms with Gasteiger partial charge in [0.25, 0.3) is 0 Å². The lowest BCUT2D eigenvalue weighted by Gasteiger charge is -2.02. The van der Waals surface area contributed by atoms with Gasteiger partial charge in [0.1, 0.15) is 5.75 Å². The number of hydrogen-bond donors (Lipinski definition) is 1. The lowest BCUT2D eigenvalue weighted by Crippen LogP contribution is -2.30. The molecule has 0 aromatic carbocycles. The number of nitriles is 1. The van der Waals surface area contributed by atoms with Crippen LogP contribution in [-0.2, 0) is 14.6 Å². The number of carbonyl (C=O) groups excluding carboxylic acids is 1. The minimum Gasteiger partial charge on any atom is -0.355 e. The summed E-state index contributed by atoms with van der Waals surface area (Å²) in [4.78, 5) is 10.9. The van der Waals surface area contributed by atoms with Gasteiger partial charge in [-0.05, 0) is 12.8 Å². The highest BCUT2D eigenvalue weighted by Gasteiger charge is 2.09. The van der Waals surface area contributed by atoms with E-state index in [4.69, 9.17) is 5.26 Å². The molecular formula is C8H14N2O3S. The Labute approximate surface area is 84.0 Å². The van der Waals surface area contributed by atoms with E-state index < -0.39 is 21.5 Å². The molecule has 14 heavy (non-hydrogen) atoms. The van der Waals surface area contributed by atoms with E-state index in [1.54, 1.807) is 0 Å². The number of nitrogens with zero attached hydrogens (tertiary/aromatic N) is 1. The summed E-state index contributed by atoms with van der Waals surface area (Å²) < 4.78 is 21.3. The van der Waals surface area contributed by atoms with Gasteiger partial charge in [0.05, 0.1) is 6.07 Å². The SMILES string of the molecule is CS(=O)(=O)CC(=O)NCCCCC#N. The Bertz CT molecular complexity index is 316. The molecule has 0 aliphatic rings. The van der Waals surface area contributed by atoms with Gasteiger partial charge in [0.2, 0.25) is 5.91 Å². The second-order valence-corrected chi connectivity index (χ2v) is 5.18. The van der Waals surface area contributed by atoms with Gasteiger partial charge in [-0.3, -0.25) is 4.79 Å². The topological polar surface area (TPSA) is 87.0 Å². The normalized spacial score (nSPS) is 10.6. The van der Waals surface area contributed by atoms with Crippen molar-refractivity contribution in [1.82, 2.24) is 5.32 Å². The summed E-state index contributed by atoms with van der Waals surface area (Å²) in [6, 6.07) is 1.99. The third-order valence-corrected chi connectivity index (χ3v) is 2.22. The fourth-order valence-corrected chi connectivity index (χ4v) is 1.42. The third kappa shape index (κ3) is 9.00. The average molecular weight is 218 g/mol. The van der Waals surface area contributed by atoms with Crippen molar-refractivity contribution in [3.63, 3.8) is 0 Å². The van der Waals surface area contributed by atoms with Gasteiger partial charge in [0, 0.05) is 19.2 Å². The van der Waals surface area contributed by atoms with Gasteiger partial charge < -0.3 is 5.32 Å². The molecule has 0 bridgehead atoms. The molecule has 0 spiro atoms. The average Bonchev–Trinajstić information content (AvgIpc) is 2.00. The van der Waals surface area contributed by atoms with E-state index in [1.807, 2.05) is 6.07 Å². The van der Waals surface area contributed by atoms with Crippen LogP contribution in [0.25, 0.3) is 0 Å². The van der Waals surface area contributed by atoms with Gasteiger partial charge in [0.15, 0.2) is 9.84 Å². The number of unbranched alkanes of at least 4 members (excludes halogenated alkanes) is 2. The summed E-state index contributed by atoms with van der Waals surface area (Å²) in [6.07, 6.45) is 2.89. The Balaban J connectivity index is 3.52. The molecule has 0 aliphatic heterocycles. The van der Waals surface area contributed by atoms with Crippen LogP contribution in [0, 0.1) is 11.3 Å². The van der Waals surface area contributed by atoms with Crippen LogP contribution < -0.4 is 5.32 Å². The Morgan fingerprint density at radius 1 is 1.43 bits per heavy atom. The number of sulfone groups is 1. The minimum atomic E-state index is -3.24. The smallest absolute Gasteiger partial charge is 0.235 e. The molecule has 0 atom stereocenters. The molecule has 0 saturated carbocycles. The number of nitrogens with one attached hydrogen (secondary N) is 1. The molecule has 0 fully saturated rings. The van der Waals surface area contributed by atoms with Crippen molar-refractivity contribution in [2.45, 2.75) is 19.3 Å². The number of amides is 1. The minimum absolute atomic E-state index is 0.427. The lowest BCUT2D eigenvalue weighted by atomic mass is 10.2. The monoisotopic (exact) mass is 218 g/mol. The van der Waals surface area contributed by atoms with Crippen molar-refractivity contribution in [3.05, 3.63) is 0 Å². The molecular weight excluding hydrogens is 204 g/mol. The van der Waals surface area contributed by atoms with Crippen LogP contribution in [0.2, 0.25) is 0 Å². The predicted molar refractivity (Wildman–Crippen MR) is 52.2 cm³/mol. The van der Waals surface area contributed by atoms with E-state index in [-0.39, 0.29) is 0 Å². The van der Waals surface area contributed by atoms with Crippen molar-refractivity contribution in [3.8, 4) is 6.07 Å². The summed E-state index contributed by atoms with van der Waals surface area (Å²) in [7, 11) is -3.24. The summed E-state index contributed by atoms with van der Waals surface area (Å²) in [5.74, 6) is -0.949. The van der Waals surface area contributed by atoms with Gasteiger partial charge in [-0.1, -0.05) is 0 Å². The fourth-order valence-electron chi connectivity index (χ4n) is 0.846. The van der Waals surface area contributed by atoms with Crippen LogP contribution in [0.15, 0.2) is 0 Å². The molecule has 1 amide bonds. The van der Waals surface area contributed by atoms with Crippen LogP contribution in [0.1, 0.15) is 19.3 Å². The number of rotatable bonds is 6. The van der Waals surface area contributed by atoms with E-state index >= 15 is 0 Å². The van der Waals surface area contributed by atoms with Gasteiger partial charge in [-0.15, -0.1) is 0 Å². The first-order valence-corrected chi connectivity index (χ1v) is 6.33. The second-order valence-electron chi connectivity index (χ2n) is 3.04. The molecule has 0 radical (unpaired) electrons. The van der Waals surface area contributed by atoms with Crippen LogP contribution in [0.3, 0.4) is 0 Å². The van der Waals surface area contributed by atoms with Crippen LogP contribution in [0.5, 0.6) is 0 Å². The molecule has 0 rings (SSSR count). The van der Waals surface area contributed by atoms with E-state index in [0.717, 1.165) is 12.7 Å². The Hall–Kier alpha value is -1.09. The van der Waals surface area contributed by atoms with Crippen molar-refractivity contribution in [1.29, 1.82) is 5.26 Å². The maximum atomic E-state index is 10.9. The number of hydrogen-bond acceptors (Lipinski definition) is 4. The fraction of sp³-hybridized carbons (Fsp3) is 0.750. The zero-order chi connectivity index (χ0) is 11.0. The summed E-state index contributed by atoms with van der Waals surface area (Å²) >= 11 is 0. The largest absolute Gasteiger partial charge is 0.355 e. The third-order valence-electron chi connectivity index (χ3n) is 1.43. The Kier molecular flexibility index (Phi) is 5.88. The van der Waals surface area contributed by atoms with Gasteiger partial charge >= 0.3 is 0 Å². The van der Waals surface area contributed by atoms with Crippen molar-refractivity contribution < 1.29 is 13.2 Å². The number of carbonyl (C=O) groups is 1. The van der Waals surface area contributed by atoms with Crippen molar-refractivity contribution in [2.24, 2.45) is 0 Å². The zero-order valence-electron chi connectivity index (χ0n) is 8.12. The van der Waals surface area contributed by atoms with Crippen LogP contribution in [-0.4, -0.2) is 32.9 Å². The predicted octanol–water partition coefficient (Wildman–Crippen LogP) is -0.159. The van der Waals surface area contributed by atoms with Crippen LogP contribution in [0.4, 0.5) is 0 Å². The molecule has 80 valence electrons. The summed E-state index contributed by atoms with van der Waals surface area (Å²) in [6.45, 7) is 0.427. The van der Waals surface area contributed by atoms with Crippen molar-refractivity contribution in [2.75, 3.05) is 18.6 Å². The van der Waals surface area contributed by atoms with Gasteiger partial charge in [-0.25, -0.2) is 8.42 Å². The highest BCUT2D eigenvalue weighted by Crippen LogP contribution is 1.91. The molecule has 0 aromatic heterocycles. The van der Waals surface area contributed by atoms with Crippen LogP contribution >= 0.6 is 0 Å². The Morgan fingerprint density at radius 3 is 2.57 bits per heavy atom. The first-order chi connectivity index (χ1) is 6.45.